The molecule has 0 aromatic heterocycles. The van der Waals surface area contributed by atoms with Gasteiger partial charge in [0.1, 0.15) is 5.75 Å². The van der Waals surface area contributed by atoms with Crippen LogP contribution in [0.4, 0.5) is 0 Å². The van der Waals surface area contributed by atoms with Crippen LogP contribution in [0.15, 0.2) is 64.4 Å². The average molecular weight is 216 g/mol. The van der Waals surface area contributed by atoms with Gasteiger partial charge in [-0.05, 0) is 24.3 Å². The highest BCUT2D eigenvalue weighted by Gasteiger charge is 2.02. The maximum absolute atomic E-state index is 5.30. The first-order valence-corrected chi connectivity index (χ1v) is 5.58. The zero-order chi connectivity index (χ0) is 10.5. The van der Waals surface area contributed by atoms with Gasteiger partial charge >= 0.3 is 0 Å². The smallest absolute Gasteiger partial charge is 0.132 e. The Morgan fingerprint density at radius 2 is 1.53 bits per heavy atom. The fraction of sp³-hybridized carbons (Fsp3) is 0.0769. The molecule has 0 unspecified atom stereocenters. The minimum atomic E-state index is 0.923. The van der Waals surface area contributed by atoms with Crippen LogP contribution in [-0.2, 0) is 0 Å². The summed E-state index contributed by atoms with van der Waals surface area (Å²) in [5.41, 5.74) is 0. The van der Waals surface area contributed by atoms with Crippen molar-refractivity contribution in [1.82, 2.24) is 0 Å². The van der Waals surface area contributed by atoms with E-state index in [0.717, 1.165) is 10.6 Å². The molecule has 0 aliphatic heterocycles. The third-order valence-corrected chi connectivity index (χ3v) is 3.11. The lowest BCUT2D eigenvalue weighted by Crippen LogP contribution is -1.84. The second-order valence-corrected chi connectivity index (χ2v) is 4.18. The van der Waals surface area contributed by atoms with E-state index in [2.05, 4.69) is 18.2 Å². The van der Waals surface area contributed by atoms with Gasteiger partial charge in [-0.1, -0.05) is 42.1 Å². The quantitative estimate of drug-likeness (QED) is 0.770. The first-order valence-electron chi connectivity index (χ1n) is 4.76. The van der Waals surface area contributed by atoms with E-state index in [9.17, 15) is 0 Å². The van der Waals surface area contributed by atoms with Crippen molar-refractivity contribution < 1.29 is 4.74 Å². The highest BCUT2D eigenvalue weighted by atomic mass is 32.2. The Balaban J connectivity index is 2.24. The molecule has 0 spiro atoms. The normalized spacial score (nSPS) is 9.93. The van der Waals surface area contributed by atoms with E-state index >= 15 is 0 Å². The predicted molar refractivity (Wildman–Crippen MR) is 63.6 cm³/mol. The summed E-state index contributed by atoms with van der Waals surface area (Å²) in [5, 5.41) is 0. The van der Waals surface area contributed by atoms with Crippen molar-refractivity contribution in [3.63, 3.8) is 0 Å². The van der Waals surface area contributed by atoms with Gasteiger partial charge in [0.25, 0.3) is 0 Å². The summed E-state index contributed by atoms with van der Waals surface area (Å²) in [4.78, 5) is 2.37. The molecule has 0 N–H and O–H groups in total. The summed E-state index contributed by atoms with van der Waals surface area (Å²) in [5.74, 6) is 0.923. The number of para-hydroxylation sites is 1. The Labute approximate surface area is 94.1 Å². The summed E-state index contributed by atoms with van der Waals surface area (Å²) >= 11 is 1.71. The van der Waals surface area contributed by atoms with Crippen LogP contribution in [0, 0.1) is 0 Å². The Bertz CT molecular complexity index is 426. The molecule has 2 rings (SSSR count). The maximum atomic E-state index is 5.30. The molecule has 0 heterocycles. The van der Waals surface area contributed by atoms with Crippen molar-refractivity contribution >= 4 is 11.8 Å². The first kappa shape index (κ1) is 10.1. The molecule has 0 aliphatic carbocycles. The second kappa shape index (κ2) is 4.89. The van der Waals surface area contributed by atoms with E-state index in [4.69, 9.17) is 4.74 Å². The van der Waals surface area contributed by atoms with E-state index in [-0.39, 0.29) is 0 Å². The van der Waals surface area contributed by atoms with E-state index in [1.165, 1.54) is 4.90 Å². The van der Waals surface area contributed by atoms with Crippen molar-refractivity contribution in [2.24, 2.45) is 0 Å². The third-order valence-electron chi connectivity index (χ3n) is 2.04. The van der Waals surface area contributed by atoms with Gasteiger partial charge in [0, 0.05) is 4.90 Å². The van der Waals surface area contributed by atoms with Crippen LogP contribution in [0.1, 0.15) is 0 Å². The molecule has 0 bridgehead atoms. The van der Waals surface area contributed by atoms with Crippen molar-refractivity contribution in [2.45, 2.75) is 9.79 Å². The molecule has 76 valence electrons. The topological polar surface area (TPSA) is 9.23 Å². The van der Waals surface area contributed by atoms with Crippen LogP contribution in [0.2, 0.25) is 0 Å². The van der Waals surface area contributed by atoms with E-state index in [1.54, 1.807) is 18.9 Å². The van der Waals surface area contributed by atoms with Crippen LogP contribution < -0.4 is 4.74 Å². The van der Waals surface area contributed by atoms with Gasteiger partial charge in [0.2, 0.25) is 0 Å². The van der Waals surface area contributed by atoms with Crippen LogP contribution >= 0.6 is 11.8 Å². The van der Waals surface area contributed by atoms with Gasteiger partial charge in [-0.25, -0.2) is 0 Å². The molecule has 2 aromatic rings. The molecule has 1 nitrogen and oxygen atoms in total. The van der Waals surface area contributed by atoms with E-state index in [0.29, 0.717) is 0 Å². The van der Waals surface area contributed by atoms with Gasteiger partial charge < -0.3 is 4.74 Å². The molecular weight excluding hydrogens is 204 g/mol. The van der Waals surface area contributed by atoms with Crippen molar-refractivity contribution in [2.75, 3.05) is 7.11 Å². The maximum Gasteiger partial charge on any atom is 0.132 e. The summed E-state index contributed by atoms with van der Waals surface area (Å²) in [6.45, 7) is 0. The fourth-order valence-corrected chi connectivity index (χ4v) is 2.26. The molecule has 0 saturated heterocycles. The fourth-order valence-electron chi connectivity index (χ4n) is 1.32. The van der Waals surface area contributed by atoms with Gasteiger partial charge in [0.05, 0.1) is 12.0 Å². The minimum Gasteiger partial charge on any atom is -0.496 e. The Hall–Kier alpha value is -1.41. The van der Waals surface area contributed by atoms with Crippen molar-refractivity contribution in [3.05, 3.63) is 54.6 Å². The van der Waals surface area contributed by atoms with E-state index in [1.807, 2.05) is 36.4 Å². The lowest BCUT2D eigenvalue weighted by Gasteiger charge is -2.06. The van der Waals surface area contributed by atoms with Crippen molar-refractivity contribution in [1.29, 1.82) is 0 Å². The van der Waals surface area contributed by atoms with E-state index < -0.39 is 0 Å². The zero-order valence-electron chi connectivity index (χ0n) is 8.51. The van der Waals surface area contributed by atoms with Crippen LogP contribution in [0.25, 0.3) is 0 Å². The molecule has 0 aliphatic rings. The van der Waals surface area contributed by atoms with Gasteiger partial charge in [-0.15, -0.1) is 0 Å². The molecule has 0 saturated carbocycles. The number of benzene rings is 2. The zero-order valence-corrected chi connectivity index (χ0v) is 9.33. The summed E-state index contributed by atoms with van der Waals surface area (Å²) in [6.07, 6.45) is 0. The largest absolute Gasteiger partial charge is 0.496 e. The number of hydrogen-bond donors (Lipinski definition) is 0. The molecule has 0 atom stereocenters. The van der Waals surface area contributed by atoms with Crippen LogP contribution in [0.3, 0.4) is 0 Å². The number of hydrogen-bond acceptors (Lipinski definition) is 2. The van der Waals surface area contributed by atoms with Gasteiger partial charge in [-0.2, -0.15) is 0 Å². The first-order chi connectivity index (χ1) is 7.40. The lowest BCUT2D eigenvalue weighted by molar-refractivity contribution is 0.405. The number of ether oxygens (including phenoxy) is 1. The van der Waals surface area contributed by atoms with Crippen molar-refractivity contribution in [3.8, 4) is 5.75 Å². The summed E-state index contributed by atoms with van der Waals surface area (Å²) in [6, 6.07) is 18.3. The van der Waals surface area contributed by atoms with Gasteiger partial charge in [-0.3, -0.25) is 0 Å². The molecule has 0 amide bonds. The highest BCUT2D eigenvalue weighted by molar-refractivity contribution is 7.99. The SMILES string of the molecule is COc1ccccc1Sc1ccccc1. The monoisotopic (exact) mass is 216 g/mol. The predicted octanol–water partition coefficient (Wildman–Crippen LogP) is 3.85. The molecule has 15 heavy (non-hydrogen) atoms. The molecule has 0 fully saturated rings. The molecular formula is C13H12OS. The molecule has 2 heteroatoms. The third kappa shape index (κ3) is 2.54. The molecule has 0 radical (unpaired) electrons. The summed E-state index contributed by atoms with van der Waals surface area (Å²) < 4.78 is 5.30. The lowest BCUT2D eigenvalue weighted by atomic mass is 10.3. The molecule has 2 aromatic carbocycles. The van der Waals surface area contributed by atoms with Crippen LogP contribution in [0.5, 0.6) is 5.75 Å². The minimum absolute atomic E-state index is 0.923. The Kier molecular flexibility index (Phi) is 3.30. The average Bonchev–Trinajstić information content (AvgIpc) is 2.31. The van der Waals surface area contributed by atoms with Gasteiger partial charge in [0.15, 0.2) is 0 Å². The summed E-state index contributed by atoms with van der Waals surface area (Å²) in [7, 11) is 1.70. The second-order valence-electron chi connectivity index (χ2n) is 3.07. The Morgan fingerprint density at radius 3 is 2.27 bits per heavy atom. The number of rotatable bonds is 3. The standard InChI is InChI=1S/C13H12OS/c1-14-12-9-5-6-10-13(12)15-11-7-3-2-4-8-11/h2-10H,1H3. The Morgan fingerprint density at radius 1 is 0.867 bits per heavy atom. The number of methoxy groups -OCH3 is 1. The highest BCUT2D eigenvalue weighted by Crippen LogP contribution is 2.34. The van der Waals surface area contributed by atoms with Crippen LogP contribution in [-0.4, -0.2) is 7.11 Å².